The van der Waals surface area contributed by atoms with Gasteiger partial charge in [-0.05, 0) is 71.0 Å². The van der Waals surface area contributed by atoms with E-state index in [2.05, 4.69) is 55.5 Å². The Morgan fingerprint density at radius 2 is 1.22 bits per heavy atom. The minimum atomic E-state index is -0.729. The average Bonchev–Trinajstić information content (AvgIpc) is 2.63. The molecule has 0 heterocycles. The van der Waals surface area contributed by atoms with Crippen molar-refractivity contribution in [2.75, 3.05) is 5.75 Å². The second kappa shape index (κ2) is 18.2. The Bertz CT molecular complexity index is 473. The van der Waals surface area contributed by atoms with E-state index in [0.717, 1.165) is 44.3 Å². The minimum Gasteiger partial charge on any atom is -0.480 e. The maximum atomic E-state index is 11.0. The lowest BCUT2D eigenvalue weighted by atomic mass is 10.2. The molecule has 0 rings (SSSR count). The third kappa shape index (κ3) is 17.9. The zero-order valence-electron chi connectivity index (χ0n) is 17.7. The molecule has 0 spiro atoms. The van der Waals surface area contributed by atoms with E-state index < -0.39 is 10.7 Å². The Morgan fingerprint density at radius 1 is 0.778 bits per heavy atom. The molecule has 0 aliphatic carbocycles. The first-order valence-electron chi connectivity index (χ1n) is 10.5. The molecule has 0 saturated carbocycles. The Kier molecular flexibility index (Phi) is 17.3. The van der Waals surface area contributed by atoms with E-state index >= 15 is 0 Å². The lowest BCUT2D eigenvalue weighted by molar-refractivity contribution is -0.138. The highest BCUT2D eigenvalue weighted by Gasteiger charge is 2.26. The van der Waals surface area contributed by atoms with E-state index in [1.165, 1.54) is 37.4 Å². The average molecular weight is 393 g/mol. The topological polar surface area (TPSA) is 37.3 Å². The number of carboxylic acids is 1. The monoisotopic (exact) mass is 392 g/mol. The summed E-state index contributed by atoms with van der Waals surface area (Å²) in [6.45, 7) is 5.78. The maximum absolute atomic E-state index is 11.0. The summed E-state index contributed by atoms with van der Waals surface area (Å²) in [6.07, 6.45) is 29.4. The van der Waals surface area contributed by atoms with Gasteiger partial charge in [-0.3, -0.25) is 4.79 Å². The Balaban J connectivity index is 3.50. The number of carboxylic acid groups (broad SMARTS) is 1. The fourth-order valence-corrected chi connectivity index (χ4v) is 3.30. The van der Waals surface area contributed by atoms with Crippen LogP contribution in [0.1, 0.15) is 85.0 Å². The number of thioether (sulfide) groups is 1. The summed E-state index contributed by atoms with van der Waals surface area (Å²) in [5, 5.41) is 9.05. The van der Waals surface area contributed by atoms with Gasteiger partial charge in [0.15, 0.2) is 0 Å². The van der Waals surface area contributed by atoms with Gasteiger partial charge in [0.25, 0.3) is 0 Å². The molecule has 0 aliphatic rings. The Hall–Kier alpha value is -1.22. The van der Waals surface area contributed by atoms with Gasteiger partial charge in [-0.1, -0.05) is 68.4 Å². The number of aliphatic carboxylic acids is 1. The number of unbranched alkanes of at least 4 members (excludes halogenated alkanes) is 5. The number of hydrogen-bond donors (Lipinski definition) is 1. The fraction of sp³-hybridized carbons (Fsp3) is 0.625. The molecule has 2 nitrogen and oxygen atoms in total. The van der Waals surface area contributed by atoms with Crippen LogP contribution < -0.4 is 0 Å². The quantitative estimate of drug-likeness (QED) is 0.203. The lowest BCUT2D eigenvalue weighted by Crippen LogP contribution is -2.27. The number of hydrogen-bond acceptors (Lipinski definition) is 2. The molecule has 0 amide bonds. The molecule has 0 aromatic heterocycles. The first-order chi connectivity index (χ1) is 13.0. The Morgan fingerprint density at radius 3 is 1.67 bits per heavy atom. The molecule has 0 radical (unpaired) electrons. The molecule has 0 fully saturated rings. The molecule has 154 valence electrons. The largest absolute Gasteiger partial charge is 0.480 e. The van der Waals surface area contributed by atoms with Crippen LogP contribution in [0.15, 0.2) is 48.6 Å². The third-order valence-electron chi connectivity index (χ3n) is 4.20. The first-order valence-corrected chi connectivity index (χ1v) is 11.5. The van der Waals surface area contributed by atoms with E-state index in [4.69, 9.17) is 5.11 Å². The van der Waals surface area contributed by atoms with Crippen molar-refractivity contribution in [1.82, 2.24) is 0 Å². The predicted octanol–water partition coefficient (Wildman–Crippen LogP) is 7.73. The van der Waals surface area contributed by atoms with Crippen LogP contribution in [0.5, 0.6) is 0 Å². The molecule has 0 aromatic carbocycles. The number of allylic oxidation sites excluding steroid dienone is 8. The van der Waals surface area contributed by atoms with Gasteiger partial charge in [-0.15, -0.1) is 11.8 Å². The fourth-order valence-electron chi connectivity index (χ4n) is 2.31. The number of rotatable bonds is 17. The van der Waals surface area contributed by atoms with Crippen LogP contribution in [-0.4, -0.2) is 21.6 Å². The van der Waals surface area contributed by atoms with Gasteiger partial charge in [0.1, 0.15) is 4.75 Å². The lowest BCUT2D eigenvalue weighted by Gasteiger charge is -2.17. The van der Waals surface area contributed by atoms with Crippen molar-refractivity contribution >= 4 is 17.7 Å². The molecule has 0 atom stereocenters. The van der Waals surface area contributed by atoms with E-state index in [0.29, 0.717) is 0 Å². The highest BCUT2D eigenvalue weighted by atomic mass is 32.2. The van der Waals surface area contributed by atoms with Crippen LogP contribution in [0.3, 0.4) is 0 Å². The van der Waals surface area contributed by atoms with E-state index in [-0.39, 0.29) is 0 Å². The third-order valence-corrected chi connectivity index (χ3v) is 5.59. The van der Waals surface area contributed by atoms with Gasteiger partial charge in [0.05, 0.1) is 0 Å². The molecular formula is C24H40O2S. The van der Waals surface area contributed by atoms with Gasteiger partial charge in [0, 0.05) is 0 Å². The van der Waals surface area contributed by atoms with Gasteiger partial charge < -0.3 is 5.11 Å². The minimum absolute atomic E-state index is 0.667. The van der Waals surface area contributed by atoms with Crippen LogP contribution in [-0.2, 0) is 4.79 Å². The van der Waals surface area contributed by atoms with Crippen molar-refractivity contribution in [3.63, 3.8) is 0 Å². The van der Waals surface area contributed by atoms with Crippen LogP contribution in [0, 0.1) is 0 Å². The second-order valence-corrected chi connectivity index (χ2v) is 8.97. The molecule has 0 bridgehead atoms. The first kappa shape index (κ1) is 25.8. The van der Waals surface area contributed by atoms with Crippen molar-refractivity contribution in [1.29, 1.82) is 0 Å². The standard InChI is InChI=1S/C24H40O2S/c1-4-5-6-7-8-9-10-11-12-13-14-15-16-17-18-19-20-21-22-27-24(2,3)23(25)26/h8-9,11-12,14-15,17-18H,4-7,10,13,16,19-22H2,1-3H3,(H,25,26)/b9-8-,12-11-,15-14-,18-17-. The summed E-state index contributed by atoms with van der Waals surface area (Å²) >= 11 is 1.53. The summed E-state index contributed by atoms with van der Waals surface area (Å²) in [5.41, 5.74) is 0. The molecular weight excluding hydrogens is 352 g/mol. The summed E-state index contributed by atoms with van der Waals surface area (Å²) in [5.74, 6) is 0.181. The van der Waals surface area contributed by atoms with Crippen LogP contribution in [0.2, 0.25) is 0 Å². The zero-order chi connectivity index (χ0) is 20.2. The zero-order valence-corrected chi connectivity index (χ0v) is 18.5. The molecule has 3 heteroatoms. The normalized spacial score (nSPS) is 13.0. The van der Waals surface area contributed by atoms with Crippen molar-refractivity contribution < 1.29 is 9.90 Å². The highest BCUT2D eigenvalue weighted by molar-refractivity contribution is 8.01. The van der Waals surface area contributed by atoms with Crippen molar-refractivity contribution in [2.24, 2.45) is 0 Å². The predicted molar refractivity (Wildman–Crippen MR) is 123 cm³/mol. The van der Waals surface area contributed by atoms with Crippen molar-refractivity contribution in [3.05, 3.63) is 48.6 Å². The van der Waals surface area contributed by atoms with Gasteiger partial charge in [-0.25, -0.2) is 0 Å². The van der Waals surface area contributed by atoms with Crippen LogP contribution >= 0.6 is 11.8 Å². The van der Waals surface area contributed by atoms with E-state index in [9.17, 15) is 4.79 Å². The second-order valence-electron chi connectivity index (χ2n) is 7.25. The SMILES string of the molecule is CCCCC/C=C\C/C=C\C/C=C\C/C=C\CCCCSC(C)(C)C(=O)O. The van der Waals surface area contributed by atoms with Crippen LogP contribution in [0.25, 0.3) is 0 Å². The van der Waals surface area contributed by atoms with Crippen LogP contribution in [0.4, 0.5) is 0 Å². The van der Waals surface area contributed by atoms with E-state index in [1.54, 1.807) is 13.8 Å². The van der Waals surface area contributed by atoms with Gasteiger partial charge in [0.2, 0.25) is 0 Å². The summed E-state index contributed by atoms with van der Waals surface area (Å²) in [7, 11) is 0. The van der Waals surface area contributed by atoms with Gasteiger partial charge >= 0.3 is 5.97 Å². The summed E-state index contributed by atoms with van der Waals surface area (Å²) in [4.78, 5) is 11.0. The Labute approximate surface area is 171 Å². The summed E-state index contributed by atoms with van der Waals surface area (Å²) < 4.78 is -0.667. The molecule has 1 N–H and O–H groups in total. The molecule has 27 heavy (non-hydrogen) atoms. The maximum Gasteiger partial charge on any atom is 0.319 e. The summed E-state index contributed by atoms with van der Waals surface area (Å²) in [6, 6.07) is 0. The van der Waals surface area contributed by atoms with E-state index in [1.807, 2.05) is 0 Å². The highest BCUT2D eigenvalue weighted by Crippen LogP contribution is 2.25. The molecule has 0 unspecified atom stereocenters. The van der Waals surface area contributed by atoms with Gasteiger partial charge in [-0.2, -0.15) is 0 Å². The number of carbonyl (C=O) groups is 1. The molecule has 0 aliphatic heterocycles. The smallest absolute Gasteiger partial charge is 0.319 e. The van der Waals surface area contributed by atoms with Crippen molar-refractivity contribution in [2.45, 2.75) is 89.7 Å². The molecule has 0 saturated heterocycles. The molecule has 0 aromatic rings. The van der Waals surface area contributed by atoms with Crippen molar-refractivity contribution in [3.8, 4) is 0 Å².